The fourth-order valence-corrected chi connectivity index (χ4v) is 5.16. The second kappa shape index (κ2) is 9.14. The van der Waals surface area contributed by atoms with E-state index in [1.807, 2.05) is 12.1 Å². The molecule has 1 aliphatic heterocycles. The van der Waals surface area contributed by atoms with Crippen molar-refractivity contribution in [2.45, 2.75) is 38.6 Å². The predicted molar refractivity (Wildman–Crippen MR) is 121 cm³/mol. The second-order valence-electron chi connectivity index (χ2n) is 7.92. The van der Waals surface area contributed by atoms with E-state index in [2.05, 4.69) is 46.4 Å². The highest BCUT2D eigenvalue weighted by atomic mass is 32.1. The van der Waals surface area contributed by atoms with E-state index in [0.29, 0.717) is 16.9 Å². The first-order chi connectivity index (χ1) is 14.6. The van der Waals surface area contributed by atoms with Gasteiger partial charge in [-0.15, -0.1) is 5.10 Å². The van der Waals surface area contributed by atoms with Crippen molar-refractivity contribution < 1.29 is 4.74 Å². The van der Waals surface area contributed by atoms with Crippen molar-refractivity contribution in [1.29, 1.82) is 0 Å². The zero-order chi connectivity index (χ0) is 21.1. The summed E-state index contributed by atoms with van der Waals surface area (Å²) in [7, 11) is 3.88. The maximum atomic E-state index is 12.3. The Labute approximate surface area is 180 Å². The molecule has 3 heterocycles. The van der Waals surface area contributed by atoms with Crippen molar-refractivity contribution in [2.75, 3.05) is 32.6 Å². The molecule has 0 bridgehead atoms. The Kier molecular flexibility index (Phi) is 6.34. The lowest BCUT2D eigenvalue weighted by molar-refractivity contribution is 0.128. The highest BCUT2D eigenvalue weighted by Gasteiger charge is 2.30. The van der Waals surface area contributed by atoms with Crippen LogP contribution < -0.4 is 15.6 Å². The van der Waals surface area contributed by atoms with Gasteiger partial charge in [-0.25, -0.2) is 4.98 Å². The number of aryl methyl sites for hydroxylation is 1. The molecule has 1 N–H and O–H groups in total. The standard InChI is InChI=1S/C22H29N5O2S/c1-4-6-17-13-19(28)27-22(24-17)30-21(25-27)23-14-16-7-5-12-26(2)20(16)15-8-10-18(29-3)11-9-15/h8-11,13,16,20H,4-7,12,14H2,1-3H3,(H,23,25). The molecule has 4 rings (SSSR count). The average Bonchev–Trinajstić information content (AvgIpc) is 3.16. The Morgan fingerprint density at radius 2 is 2.10 bits per heavy atom. The molecule has 30 heavy (non-hydrogen) atoms. The van der Waals surface area contributed by atoms with Crippen LogP contribution in [0.1, 0.15) is 43.5 Å². The largest absolute Gasteiger partial charge is 0.497 e. The van der Waals surface area contributed by atoms with Crippen LogP contribution in [0.5, 0.6) is 5.75 Å². The number of piperidine rings is 1. The Balaban J connectivity index is 1.52. The number of benzene rings is 1. The maximum absolute atomic E-state index is 12.3. The molecule has 1 fully saturated rings. The molecule has 3 aromatic rings. The molecule has 7 nitrogen and oxygen atoms in total. The normalized spacial score (nSPS) is 19.8. The van der Waals surface area contributed by atoms with Crippen LogP contribution in [0, 0.1) is 5.92 Å². The number of rotatable bonds is 7. The van der Waals surface area contributed by atoms with Crippen LogP contribution in [-0.4, -0.2) is 46.7 Å². The molecule has 1 aromatic carbocycles. The van der Waals surface area contributed by atoms with Gasteiger partial charge in [-0.05, 0) is 56.5 Å². The van der Waals surface area contributed by atoms with E-state index in [1.54, 1.807) is 13.2 Å². The Morgan fingerprint density at radius 1 is 1.30 bits per heavy atom. The quantitative estimate of drug-likeness (QED) is 0.621. The van der Waals surface area contributed by atoms with Gasteiger partial charge < -0.3 is 10.1 Å². The summed E-state index contributed by atoms with van der Waals surface area (Å²) in [4.78, 5) is 20.0. The van der Waals surface area contributed by atoms with E-state index >= 15 is 0 Å². The van der Waals surface area contributed by atoms with Gasteiger partial charge in [-0.3, -0.25) is 9.69 Å². The molecule has 160 valence electrons. The van der Waals surface area contributed by atoms with E-state index in [9.17, 15) is 4.79 Å². The summed E-state index contributed by atoms with van der Waals surface area (Å²) in [6.45, 7) is 3.98. The number of ether oxygens (including phenoxy) is 1. The number of anilines is 1. The van der Waals surface area contributed by atoms with Gasteiger partial charge in [0.15, 0.2) is 0 Å². The van der Waals surface area contributed by atoms with E-state index < -0.39 is 0 Å². The van der Waals surface area contributed by atoms with Crippen molar-refractivity contribution in [2.24, 2.45) is 5.92 Å². The number of hydrogen-bond acceptors (Lipinski definition) is 7. The number of fused-ring (bicyclic) bond motifs is 1. The van der Waals surface area contributed by atoms with Gasteiger partial charge in [0.05, 0.1) is 7.11 Å². The number of aromatic nitrogens is 3. The van der Waals surface area contributed by atoms with Gasteiger partial charge in [0.25, 0.3) is 5.56 Å². The van der Waals surface area contributed by atoms with Crippen LogP contribution in [0.3, 0.4) is 0 Å². The summed E-state index contributed by atoms with van der Waals surface area (Å²) in [5, 5.41) is 8.68. The topological polar surface area (TPSA) is 71.8 Å². The van der Waals surface area contributed by atoms with Gasteiger partial charge in [-0.1, -0.05) is 36.8 Å². The molecule has 8 heteroatoms. The lowest BCUT2D eigenvalue weighted by Crippen LogP contribution is -2.39. The van der Waals surface area contributed by atoms with E-state index in [0.717, 1.165) is 48.9 Å². The summed E-state index contributed by atoms with van der Waals surface area (Å²) in [6, 6.07) is 10.3. The van der Waals surface area contributed by atoms with Gasteiger partial charge in [0, 0.05) is 24.3 Å². The number of hydrogen-bond donors (Lipinski definition) is 1. The molecule has 0 saturated carbocycles. The maximum Gasteiger partial charge on any atom is 0.275 e. The first-order valence-electron chi connectivity index (χ1n) is 10.6. The molecule has 0 radical (unpaired) electrons. The zero-order valence-electron chi connectivity index (χ0n) is 17.8. The highest BCUT2D eigenvalue weighted by molar-refractivity contribution is 7.20. The summed E-state index contributed by atoms with van der Waals surface area (Å²) in [5.74, 6) is 1.33. The molecule has 2 unspecified atom stereocenters. The minimum absolute atomic E-state index is 0.110. The van der Waals surface area contributed by atoms with Crippen LogP contribution in [-0.2, 0) is 6.42 Å². The molecular weight excluding hydrogens is 398 g/mol. The van der Waals surface area contributed by atoms with Crippen LogP contribution in [0.4, 0.5) is 5.13 Å². The van der Waals surface area contributed by atoms with E-state index in [1.165, 1.54) is 27.8 Å². The number of methoxy groups -OCH3 is 1. The summed E-state index contributed by atoms with van der Waals surface area (Å²) in [6.07, 6.45) is 4.10. The van der Waals surface area contributed by atoms with Crippen molar-refractivity contribution in [3.05, 3.63) is 51.9 Å². The van der Waals surface area contributed by atoms with E-state index in [4.69, 9.17) is 4.74 Å². The van der Waals surface area contributed by atoms with Crippen molar-refractivity contribution >= 4 is 21.4 Å². The van der Waals surface area contributed by atoms with Crippen LogP contribution in [0.2, 0.25) is 0 Å². The highest BCUT2D eigenvalue weighted by Crippen LogP contribution is 2.36. The first kappa shape index (κ1) is 20.8. The predicted octanol–water partition coefficient (Wildman–Crippen LogP) is 3.61. The third-order valence-electron chi connectivity index (χ3n) is 5.78. The van der Waals surface area contributed by atoms with Gasteiger partial charge in [0.2, 0.25) is 10.1 Å². The lowest BCUT2D eigenvalue weighted by Gasteiger charge is -2.39. The average molecular weight is 428 g/mol. The van der Waals surface area contributed by atoms with Crippen molar-refractivity contribution in [3.8, 4) is 5.75 Å². The Morgan fingerprint density at radius 3 is 2.83 bits per heavy atom. The van der Waals surface area contributed by atoms with Gasteiger partial charge >= 0.3 is 0 Å². The van der Waals surface area contributed by atoms with Gasteiger partial charge in [0.1, 0.15) is 5.75 Å². The molecule has 1 aliphatic rings. The minimum atomic E-state index is -0.110. The summed E-state index contributed by atoms with van der Waals surface area (Å²) < 4.78 is 6.71. The molecule has 0 spiro atoms. The van der Waals surface area contributed by atoms with Crippen LogP contribution >= 0.6 is 11.3 Å². The molecule has 1 saturated heterocycles. The minimum Gasteiger partial charge on any atom is -0.497 e. The lowest BCUT2D eigenvalue weighted by atomic mass is 9.85. The third-order valence-corrected chi connectivity index (χ3v) is 6.65. The van der Waals surface area contributed by atoms with Crippen LogP contribution in [0.15, 0.2) is 35.1 Å². The number of nitrogens with one attached hydrogen (secondary N) is 1. The molecule has 0 amide bonds. The first-order valence-corrected chi connectivity index (χ1v) is 11.4. The van der Waals surface area contributed by atoms with E-state index in [-0.39, 0.29) is 5.56 Å². The molecule has 2 aromatic heterocycles. The van der Waals surface area contributed by atoms with Crippen molar-refractivity contribution in [3.63, 3.8) is 0 Å². The SMILES string of the molecule is CCCc1cc(=O)n2nc(NCC3CCCN(C)C3c3ccc(OC)cc3)sc2n1. The van der Waals surface area contributed by atoms with Crippen molar-refractivity contribution in [1.82, 2.24) is 19.5 Å². The van der Waals surface area contributed by atoms with Gasteiger partial charge in [-0.2, -0.15) is 4.52 Å². The summed E-state index contributed by atoms with van der Waals surface area (Å²) in [5.41, 5.74) is 2.03. The second-order valence-corrected chi connectivity index (χ2v) is 8.88. The summed E-state index contributed by atoms with van der Waals surface area (Å²) >= 11 is 1.44. The number of nitrogens with zero attached hydrogens (tertiary/aromatic N) is 4. The Hall–Kier alpha value is -2.45. The monoisotopic (exact) mass is 427 g/mol. The third kappa shape index (κ3) is 4.34. The smallest absolute Gasteiger partial charge is 0.275 e. The Bertz CT molecular complexity index is 1050. The molecular formula is C22H29N5O2S. The fourth-order valence-electron chi connectivity index (χ4n) is 4.33. The number of likely N-dealkylation sites (tertiary alicyclic amines) is 1. The molecule has 2 atom stereocenters. The zero-order valence-corrected chi connectivity index (χ0v) is 18.6. The fraction of sp³-hybridized carbons (Fsp3) is 0.500. The van der Waals surface area contributed by atoms with Crippen LogP contribution in [0.25, 0.3) is 4.96 Å². The molecule has 0 aliphatic carbocycles.